The van der Waals surface area contributed by atoms with Crippen LogP contribution < -0.4 is 0 Å². The molecule has 0 saturated carbocycles. The second-order valence-electron chi connectivity index (χ2n) is 3.51. The lowest BCUT2D eigenvalue weighted by atomic mass is 10.2. The minimum atomic E-state index is -0.348. The second-order valence-corrected chi connectivity index (χ2v) is 3.51. The minimum absolute atomic E-state index is 0.151. The number of aromatic nitrogens is 2. The van der Waals surface area contributed by atoms with Crippen molar-refractivity contribution in [2.75, 3.05) is 0 Å². The first-order valence-electron chi connectivity index (χ1n) is 5.18. The maximum atomic E-state index is 13.8. The van der Waals surface area contributed by atoms with Crippen LogP contribution in [-0.4, -0.2) is 14.7 Å². The summed E-state index contributed by atoms with van der Waals surface area (Å²) in [6.07, 6.45) is 4.13. The van der Waals surface area contributed by atoms with E-state index in [9.17, 15) is 4.39 Å². The molecule has 2 aromatic rings. The molecular formula is C12H13FN2O. The average molecular weight is 220 g/mol. The molecule has 84 valence electrons. The van der Waals surface area contributed by atoms with Crippen LogP contribution in [0.1, 0.15) is 18.3 Å². The molecule has 1 heterocycles. The Morgan fingerprint density at radius 2 is 2.25 bits per heavy atom. The summed E-state index contributed by atoms with van der Waals surface area (Å²) in [7, 11) is 0. The van der Waals surface area contributed by atoms with Crippen molar-refractivity contribution in [3.63, 3.8) is 0 Å². The van der Waals surface area contributed by atoms with E-state index in [1.807, 2.05) is 6.92 Å². The molecule has 0 radical (unpaired) electrons. The van der Waals surface area contributed by atoms with Crippen molar-refractivity contribution in [1.29, 1.82) is 0 Å². The van der Waals surface area contributed by atoms with Crippen molar-refractivity contribution >= 4 is 0 Å². The van der Waals surface area contributed by atoms with Crippen molar-refractivity contribution in [2.24, 2.45) is 0 Å². The number of benzene rings is 1. The lowest BCUT2D eigenvalue weighted by Crippen LogP contribution is -2.02. The summed E-state index contributed by atoms with van der Waals surface area (Å²) in [5.41, 5.74) is 1.03. The Kier molecular flexibility index (Phi) is 3.01. The van der Waals surface area contributed by atoms with Crippen LogP contribution in [0.5, 0.6) is 0 Å². The molecule has 0 unspecified atom stereocenters. The van der Waals surface area contributed by atoms with E-state index in [4.69, 9.17) is 5.11 Å². The minimum Gasteiger partial charge on any atom is -0.392 e. The highest BCUT2D eigenvalue weighted by Crippen LogP contribution is 2.17. The fourth-order valence-corrected chi connectivity index (χ4v) is 1.66. The molecule has 0 amide bonds. The first kappa shape index (κ1) is 10.8. The van der Waals surface area contributed by atoms with Crippen LogP contribution in [0.3, 0.4) is 0 Å². The number of halogens is 1. The number of hydrogen-bond donors (Lipinski definition) is 1. The average Bonchev–Trinajstić information content (AvgIpc) is 2.76. The van der Waals surface area contributed by atoms with Crippen LogP contribution in [0, 0.1) is 5.82 Å². The van der Waals surface area contributed by atoms with Crippen molar-refractivity contribution in [3.8, 4) is 5.69 Å². The summed E-state index contributed by atoms with van der Waals surface area (Å²) in [6.45, 7) is 1.82. The zero-order valence-electron chi connectivity index (χ0n) is 9.02. The third kappa shape index (κ3) is 1.84. The Hall–Kier alpha value is -1.68. The lowest BCUT2D eigenvalue weighted by molar-refractivity contribution is 0.281. The molecule has 0 atom stereocenters. The topological polar surface area (TPSA) is 38.0 Å². The molecule has 0 bridgehead atoms. The van der Waals surface area contributed by atoms with Gasteiger partial charge in [0, 0.05) is 18.8 Å². The summed E-state index contributed by atoms with van der Waals surface area (Å²) in [5, 5.41) is 8.90. The number of aryl methyl sites for hydroxylation is 1. The summed E-state index contributed by atoms with van der Waals surface area (Å²) < 4.78 is 15.5. The summed E-state index contributed by atoms with van der Waals surface area (Å²) in [4.78, 5) is 4.14. The third-order valence-electron chi connectivity index (χ3n) is 2.49. The highest BCUT2D eigenvalue weighted by atomic mass is 19.1. The number of hydrogen-bond acceptors (Lipinski definition) is 2. The summed E-state index contributed by atoms with van der Waals surface area (Å²) in [6, 6.07) is 4.70. The van der Waals surface area contributed by atoms with Crippen LogP contribution in [-0.2, 0) is 13.0 Å². The van der Waals surface area contributed by atoms with E-state index in [2.05, 4.69) is 4.98 Å². The largest absolute Gasteiger partial charge is 0.392 e. The lowest BCUT2D eigenvalue weighted by Gasteiger charge is -2.08. The van der Waals surface area contributed by atoms with E-state index in [0.29, 0.717) is 11.3 Å². The van der Waals surface area contributed by atoms with E-state index in [1.165, 1.54) is 6.07 Å². The number of nitrogens with zero attached hydrogens (tertiary/aromatic N) is 2. The molecule has 1 aromatic carbocycles. The predicted octanol–water partition coefficient (Wildman–Crippen LogP) is 2.07. The van der Waals surface area contributed by atoms with Gasteiger partial charge in [-0.25, -0.2) is 9.37 Å². The molecule has 1 N–H and O–H groups in total. The van der Waals surface area contributed by atoms with E-state index >= 15 is 0 Å². The van der Waals surface area contributed by atoms with Gasteiger partial charge in [-0.15, -0.1) is 0 Å². The smallest absolute Gasteiger partial charge is 0.147 e. The molecule has 0 saturated heterocycles. The molecule has 0 fully saturated rings. The van der Waals surface area contributed by atoms with Gasteiger partial charge in [0.05, 0.1) is 12.3 Å². The molecule has 2 rings (SSSR count). The molecule has 3 nitrogen and oxygen atoms in total. The number of imidazole rings is 1. The van der Waals surface area contributed by atoms with Crippen molar-refractivity contribution in [3.05, 3.63) is 47.8 Å². The molecule has 0 aliphatic rings. The molecule has 0 aliphatic heterocycles. The number of aliphatic hydroxyl groups is 1. The normalized spacial score (nSPS) is 10.7. The van der Waals surface area contributed by atoms with Gasteiger partial charge in [0.1, 0.15) is 11.6 Å². The molecule has 0 aliphatic carbocycles. The van der Waals surface area contributed by atoms with Gasteiger partial charge < -0.3 is 9.67 Å². The number of aliphatic hydroxyl groups excluding tert-OH is 1. The van der Waals surface area contributed by atoms with Gasteiger partial charge in [0.15, 0.2) is 0 Å². The van der Waals surface area contributed by atoms with E-state index in [0.717, 1.165) is 12.2 Å². The first-order chi connectivity index (χ1) is 7.76. The fourth-order valence-electron chi connectivity index (χ4n) is 1.66. The second kappa shape index (κ2) is 4.45. The van der Waals surface area contributed by atoms with Crippen LogP contribution in [0.2, 0.25) is 0 Å². The fraction of sp³-hybridized carbons (Fsp3) is 0.250. The highest BCUT2D eigenvalue weighted by molar-refractivity contribution is 5.37. The molecule has 16 heavy (non-hydrogen) atoms. The van der Waals surface area contributed by atoms with E-state index in [-0.39, 0.29) is 12.4 Å². The van der Waals surface area contributed by atoms with Gasteiger partial charge in [0.25, 0.3) is 0 Å². The zero-order valence-corrected chi connectivity index (χ0v) is 9.02. The van der Waals surface area contributed by atoms with Gasteiger partial charge in [-0.3, -0.25) is 0 Å². The van der Waals surface area contributed by atoms with Crippen LogP contribution >= 0.6 is 0 Å². The van der Waals surface area contributed by atoms with Gasteiger partial charge in [-0.2, -0.15) is 0 Å². The monoisotopic (exact) mass is 220 g/mol. The van der Waals surface area contributed by atoms with Crippen molar-refractivity contribution in [2.45, 2.75) is 20.0 Å². The van der Waals surface area contributed by atoms with Crippen molar-refractivity contribution in [1.82, 2.24) is 9.55 Å². The van der Waals surface area contributed by atoms with Crippen molar-refractivity contribution < 1.29 is 9.50 Å². The van der Waals surface area contributed by atoms with Gasteiger partial charge in [0.2, 0.25) is 0 Å². The van der Waals surface area contributed by atoms with Gasteiger partial charge in [-0.1, -0.05) is 13.0 Å². The Labute approximate surface area is 93.2 Å². The summed E-state index contributed by atoms with van der Waals surface area (Å²) in [5.74, 6) is 0.467. The predicted molar refractivity (Wildman–Crippen MR) is 58.8 cm³/mol. The standard InChI is InChI=1S/C12H13FN2O/c1-2-12-14-5-6-15(12)11-4-3-9(8-16)7-10(11)13/h3-7,16H,2,8H2,1H3. The Morgan fingerprint density at radius 3 is 2.88 bits per heavy atom. The number of rotatable bonds is 3. The van der Waals surface area contributed by atoms with Crippen LogP contribution in [0.15, 0.2) is 30.6 Å². The Balaban J connectivity index is 2.48. The van der Waals surface area contributed by atoms with E-state index < -0.39 is 0 Å². The van der Waals surface area contributed by atoms with Gasteiger partial charge >= 0.3 is 0 Å². The SMILES string of the molecule is CCc1nccn1-c1ccc(CO)cc1F. The maximum Gasteiger partial charge on any atom is 0.147 e. The molecular weight excluding hydrogens is 207 g/mol. The van der Waals surface area contributed by atoms with Crippen LogP contribution in [0.4, 0.5) is 4.39 Å². The molecule has 4 heteroatoms. The first-order valence-corrected chi connectivity index (χ1v) is 5.18. The summed E-state index contributed by atoms with van der Waals surface area (Å²) >= 11 is 0. The maximum absolute atomic E-state index is 13.8. The third-order valence-corrected chi connectivity index (χ3v) is 2.49. The quantitative estimate of drug-likeness (QED) is 0.859. The molecule has 1 aromatic heterocycles. The Morgan fingerprint density at radius 1 is 1.44 bits per heavy atom. The highest BCUT2D eigenvalue weighted by Gasteiger charge is 2.08. The van der Waals surface area contributed by atoms with Crippen LogP contribution in [0.25, 0.3) is 5.69 Å². The Bertz CT molecular complexity index is 494. The molecule has 0 spiro atoms. The van der Waals surface area contributed by atoms with Gasteiger partial charge in [-0.05, 0) is 17.7 Å². The zero-order chi connectivity index (χ0) is 11.5. The van der Waals surface area contributed by atoms with E-state index in [1.54, 1.807) is 29.1 Å².